The van der Waals surface area contributed by atoms with Crippen molar-refractivity contribution in [2.75, 3.05) is 6.61 Å². The molecule has 260 valence electrons. The first-order valence-corrected chi connectivity index (χ1v) is 19.2. The molecule has 47 heavy (non-hydrogen) atoms. The molecule has 5 aliphatic rings. The Bertz CT molecular complexity index is 1360. The third kappa shape index (κ3) is 5.59. The molecule has 0 aliphatic heterocycles. The molecule has 0 aromatic heterocycles. The zero-order valence-electron chi connectivity index (χ0n) is 31.0. The Balaban J connectivity index is 1.26. The number of rotatable bonds is 9. The average Bonchev–Trinajstić information content (AvgIpc) is 3.02. The van der Waals surface area contributed by atoms with Crippen molar-refractivity contribution in [3.8, 4) is 0 Å². The molecular weight excluding hydrogens is 580 g/mol. The van der Waals surface area contributed by atoms with Gasteiger partial charge in [0.15, 0.2) is 5.78 Å². The van der Waals surface area contributed by atoms with Crippen LogP contribution in [0.4, 0.5) is 0 Å². The summed E-state index contributed by atoms with van der Waals surface area (Å²) in [5.74, 6) is 1.05. The summed E-state index contributed by atoms with van der Waals surface area (Å²) in [7, 11) is 0. The lowest BCUT2D eigenvalue weighted by Gasteiger charge is -2.70. The van der Waals surface area contributed by atoms with Gasteiger partial charge in [0.2, 0.25) is 0 Å². The van der Waals surface area contributed by atoms with E-state index in [4.69, 9.17) is 9.47 Å². The number of carbonyl (C=O) groups excluding carboxylic acids is 2. The number of allylic oxidation sites excluding steroid dienone is 2. The van der Waals surface area contributed by atoms with Crippen LogP contribution in [0, 0.1) is 50.2 Å². The molecule has 4 nitrogen and oxygen atoms in total. The number of esters is 1. The second kappa shape index (κ2) is 12.4. The van der Waals surface area contributed by atoms with Crippen LogP contribution in [0.1, 0.15) is 144 Å². The van der Waals surface area contributed by atoms with E-state index in [0.29, 0.717) is 24.9 Å². The Labute approximate surface area is 286 Å². The molecule has 9 atom stereocenters. The van der Waals surface area contributed by atoms with Gasteiger partial charge in [-0.05, 0) is 122 Å². The molecule has 1 aromatic rings. The predicted octanol–water partition coefficient (Wildman–Crippen LogP) is 10.7. The molecule has 0 radical (unpaired) electrons. The topological polar surface area (TPSA) is 52.6 Å². The normalized spacial score (nSPS) is 42.3. The van der Waals surface area contributed by atoms with Crippen molar-refractivity contribution in [3.63, 3.8) is 0 Å². The van der Waals surface area contributed by atoms with Crippen molar-refractivity contribution in [2.24, 2.45) is 50.2 Å². The van der Waals surface area contributed by atoms with Crippen molar-refractivity contribution < 1.29 is 19.1 Å². The summed E-state index contributed by atoms with van der Waals surface area (Å²) < 4.78 is 12.6. The highest BCUT2D eigenvalue weighted by Crippen LogP contribution is 2.75. The molecule has 0 N–H and O–H groups in total. The van der Waals surface area contributed by atoms with E-state index in [9.17, 15) is 9.59 Å². The molecular formula is C43H64O4. The lowest BCUT2D eigenvalue weighted by atomic mass is 9.33. The van der Waals surface area contributed by atoms with Gasteiger partial charge in [0.25, 0.3) is 0 Å². The summed E-state index contributed by atoms with van der Waals surface area (Å²) in [6.45, 7) is 20.3. The minimum absolute atomic E-state index is 0.0124. The van der Waals surface area contributed by atoms with E-state index in [1.807, 2.05) is 0 Å². The highest BCUT2D eigenvalue weighted by molar-refractivity contribution is 5.95. The van der Waals surface area contributed by atoms with Crippen molar-refractivity contribution in [3.05, 3.63) is 47.5 Å². The van der Waals surface area contributed by atoms with Crippen LogP contribution in [0.2, 0.25) is 0 Å². The minimum Gasteiger partial charge on any atom is -0.465 e. The van der Waals surface area contributed by atoms with Gasteiger partial charge in [-0.1, -0.05) is 104 Å². The average molecular weight is 645 g/mol. The third-order valence-corrected chi connectivity index (χ3v) is 15.5. The van der Waals surface area contributed by atoms with E-state index in [1.165, 1.54) is 30.4 Å². The van der Waals surface area contributed by atoms with Crippen molar-refractivity contribution in [2.45, 2.75) is 152 Å². The van der Waals surface area contributed by atoms with Gasteiger partial charge in [0.05, 0.1) is 24.7 Å². The molecule has 4 saturated carbocycles. The van der Waals surface area contributed by atoms with Crippen LogP contribution in [0.5, 0.6) is 0 Å². The van der Waals surface area contributed by atoms with E-state index >= 15 is 0 Å². The van der Waals surface area contributed by atoms with Crippen LogP contribution >= 0.6 is 0 Å². The number of carbonyl (C=O) groups is 2. The fourth-order valence-corrected chi connectivity index (χ4v) is 12.3. The van der Waals surface area contributed by atoms with Crippen molar-refractivity contribution in [1.82, 2.24) is 0 Å². The Morgan fingerprint density at radius 3 is 2.30 bits per heavy atom. The van der Waals surface area contributed by atoms with Gasteiger partial charge in [-0.2, -0.15) is 0 Å². The first-order chi connectivity index (χ1) is 22.1. The molecule has 1 aromatic carbocycles. The van der Waals surface area contributed by atoms with E-state index in [-0.39, 0.29) is 51.0 Å². The fourth-order valence-electron chi connectivity index (χ4n) is 12.3. The van der Waals surface area contributed by atoms with Gasteiger partial charge in [-0.25, -0.2) is 0 Å². The zero-order chi connectivity index (χ0) is 33.9. The van der Waals surface area contributed by atoms with Crippen LogP contribution in [0.3, 0.4) is 0 Å². The fraction of sp³-hybridized carbons (Fsp3) is 0.767. The largest absolute Gasteiger partial charge is 0.465 e. The molecule has 4 fully saturated rings. The van der Waals surface area contributed by atoms with E-state index in [0.717, 1.165) is 64.2 Å². The van der Waals surface area contributed by atoms with Gasteiger partial charge < -0.3 is 9.47 Å². The first kappa shape index (κ1) is 34.9. The molecule has 0 amide bonds. The number of unbranched alkanes of at least 4 members (excludes halogenated alkanes) is 3. The summed E-state index contributed by atoms with van der Waals surface area (Å²) in [6, 6.07) is 10.5. The molecule has 4 heteroatoms. The van der Waals surface area contributed by atoms with Crippen LogP contribution in [0.15, 0.2) is 42.0 Å². The van der Waals surface area contributed by atoms with Gasteiger partial charge in [0.1, 0.15) is 0 Å². The van der Waals surface area contributed by atoms with Gasteiger partial charge >= 0.3 is 5.97 Å². The van der Waals surface area contributed by atoms with E-state index in [1.54, 1.807) is 0 Å². The summed E-state index contributed by atoms with van der Waals surface area (Å²) in [5.41, 5.74) is 2.03. The monoisotopic (exact) mass is 644 g/mol. The SMILES string of the molecule is CCCCCCOC(=O)[C@@]1(C)CC[C@]2(C)CC[C@]3(C)C(=CC(=O)[C@@H]4[C@@]5(C)CC[C@H](OCc6ccccc6)C(C)(C)[C@@H]5CC[C@]43C)[C@H]2C1. The molecule has 0 spiro atoms. The zero-order valence-corrected chi connectivity index (χ0v) is 31.0. The maximum absolute atomic E-state index is 14.8. The Hall–Kier alpha value is -1.94. The second-order valence-electron chi connectivity index (χ2n) is 18.6. The molecule has 0 heterocycles. The smallest absolute Gasteiger partial charge is 0.311 e. The maximum Gasteiger partial charge on any atom is 0.311 e. The summed E-state index contributed by atoms with van der Waals surface area (Å²) in [4.78, 5) is 28.4. The Morgan fingerprint density at radius 2 is 1.57 bits per heavy atom. The number of benzene rings is 1. The standard InChI is InChI=1S/C43H64O4/c1-9-10-11-15-26-46-37(45)40(5)23-22-39(4)24-25-42(7)31(32(39)28-40)27-33(44)36-41(6)20-19-35(47-29-30-16-13-12-14-17-30)38(2,3)34(41)18-21-43(36,42)8/h12-14,16-17,27,32,34-36H,9-11,15,18-26,28-29H2,1-8H3/t32-,34+,35+,36-,39-,40+,41+,42-,43-/m1/s1. The number of ether oxygens (including phenoxy) is 2. The van der Waals surface area contributed by atoms with Gasteiger partial charge in [-0.3, -0.25) is 9.59 Å². The molecule has 0 bridgehead atoms. The lowest BCUT2D eigenvalue weighted by Crippen LogP contribution is -2.66. The molecule has 0 unspecified atom stereocenters. The summed E-state index contributed by atoms with van der Waals surface area (Å²) >= 11 is 0. The first-order valence-electron chi connectivity index (χ1n) is 19.2. The Kier molecular flexibility index (Phi) is 9.23. The lowest BCUT2D eigenvalue weighted by molar-refractivity contribution is -0.211. The molecule has 0 saturated heterocycles. The molecule has 6 rings (SSSR count). The van der Waals surface area contributed by atoms with E-state index < -0.39 is 5.41 Å². The maximum atomic E-state index is 14.8. The second-order valence-corrected chi connectivity index (χ2v) is 18.6. The Morgan fingerprint density at radius 1 is 0.851 bits per heavy atom. The number of fused-ring (bicyclic) bond motifs is 7. The predicted molar refractivity (Wildman–Crippen MR) is 190 cm³/mol. The van der Waals surface area contributed by atoms with Crippen LogP contribution in [-0.2, 0) is 25.7 Å². The van der Waals surface area contributed by atoms with Crippen molar-refractivity contribution >= 4 is 11.8 Å². The van der Waals surface area contributed by atoms with Gasteiger partial charge in [-0.15, -0.1) is 0 Å². The van der Waals surface area contributed by atoms with Crippen LogP contribution < -0.4 is 0 Å². The highest BCUT2D eigenvalue weighted by Gasteiger charge is 2.70. The molecule has 5 aliphatic carbocycles. The van der Waals surface area contributed by atoms with Gasteiger partial charge in [0, 0.05) is 5.92 Å². The summed E-state index contributed by atoms with van der Waals surface area (Å²) in [6.07, 6.45) is 16.0. The number of hydrogen-bond donors (Lipinski definition) is 0. The quantitative estimate of drug-likeness (QED) is 0.198. The third-order valence-electron chi connectivity index (χ3n) is 15.5. The minimum atomic E-state index is -0.485. The van der Waals surface area contributed by atoms with E-state index in [2.05, 4.69) is 91.8 Å². The summed E-state index contributed by atoms with van der Waals surface area (Å²) in [5, 5.41) is 0. The highest BCUT2D eigenvalue weighted by atomic mass is 16.5. The van der Waals surface area contributed by atoms with Crippen molar-refractivity contribution in [1.29, 1.82) is 0 Å². The number of hydrogen-bond acceptors (Lipinski definition) is 4. The van der Waals surface area contributed by atoms with Crippen LogP contribution in [0.25, 0.3) is 0 Å². The number of ketones is 1. The van der Waals surface area contributed by atoms with Crippen LogP contribution in [-0.4, -0.2) is 24.5 Å².